The molecule has 2 aromatic rings. The number of rotatable bonds is 6. The third-order valence-electron chi connectivity index (χ3n) is 3.52. The Balaban J connectivity index is 2.11. The van der Waals surface area contributed by atoms with Crippen molar-refractivity contribution in [1.82, 2.24) is 0 Å². The summed E-state index contributed by atoms with van der Waals surface area (Å²) >= 11 is 5.83. The quantitative estimate of drug-likeness (QED) is 0.581. The second-order valence-corrected chi connectivity index (χ2v) is 5.44. The van der Waals surface area contributed by atoms with Gasteiger partial charge >= 0.3 is 5.97 Å². The molecule has 4 nitrogen and oxygen atoms in total. The Labute approximate surface area is 141 Å². The first kappa shape index (κ1) is 17.2. The molecule has 0 amide bonds. The second-order valence-electron chi connectivity index (χ2n) is 5.00. The lowest BCUT2D eigenvalue weighted by Gasteiger charge is -2.29. The molecule has 1 unspecified atom stereocenters. The van der Waals surface area contributed by atoms with Gasteiger partial charge in [0.2, 0.25) is 0 Å². The molecule has 0 saturated heterocycles. The van der Waals surface area contributed by atoms with E-state index in [9.17, 15) is 4.79 Å². The van der Waals surface area contributed by atoms with Crippen LogP contribution in [0.1, 0.15) is 24.2 Å². The summed E-state index contributed by atoms with van der Waals surface area (Å²) in [6.07, 6.45) is -0.407. The van der Waals surface area contributed by atoms with Crippen LogP contribution in [0.5, 0.6) is 5.75 Å². The van der Waals surface area contributed by atoms with Crippen molar-refractivity contribution >= 4 is 23.3 Å². The maximum atomic E-state index is 12.2. The van der Waals surface area contributed by atoms with Crippen LogP contribution in [0.3, 0.4) is 0 Å². The van der Waals surface area contributed by atoms with E-state index in [-0.39, 0.29) is 5.97 Å². The molecule has 2 aromatic carbocycles. The number of ether oxygens (including phenoxy) is 2. The van der Waals surface area contributed by atoms with E-state index < -0.39 is 6.23 Å². The standard InChI is InChI=1S/C18H20ClNO3/c1-4-20(16-6-5-7-17(12-16)22-3)13(2)23-18(21)14-8-10-15(19)11-9-14/h5-13H,4H2,1-3H3. The van der Waals surface area contributed by atoms with E-state index in [1.54, 1.807) is 31.4 Å². The average molecular weight is 334 g/mol. The number of benzene rings is 2. The molecule has 0 heterocycles. The van der Waals surface area contributed by atoms with Crippen molar-refractivity contribution in [1.29, 1.82) is 0 Å². The van der Waals surface area contributed by atoms with Gasteiger partial charge in [-0.25, -0.2) is 4.79 Å². The van der Waals surface area contributed by atoms with Gasteiger partial charge in [-0.2, -0.15) is 0 Å². The van der Waals surface area contributed by atoms with Crippen LogP contribution in [0.2, 0.25) is 5.02 Å². The van der Waals surface area contributed by atoms with E-state index in [2.05, 4.69) is 0 Å². The van der Waals surface area contributed by atoms with Gasteiger partial charge in [0.15, 0.2) is 6.23 Å². The SMILES string of the molecule is CCN(c1cccc(OC)c1)C(C)OC(=O)c1ccc(Cl)cc1. The highest BCUT2D eigenvalue weighted by molar-refractivity contribution is 6.30. The van der Waals surface area contributed by atoms with Crippen LogP contribution < -0.4 is 9.64 Å². The molecule has 0 aliphatic rings. The summed E-state index contributed by atoms with van der Waals surface area (Å²) in [5.41, 5.74) is 1.41. The summed E-state index contributed by atoms with van der Waals surface area (Å²) in [5.74, 6) is 0.382. The molecule has 0 aliphatic carbocycles. The Morgan fingerprint density at radius 3 is 2.52 bits per heavy atom. The fourth-order valence-corrected chi connectivity index (χ4v) is 2.44. The van der Waals surface area contributed by atoms with E-state index in [0.717, 1.165) is 11.4 Å². The first-order valence-electron chi connectivity index (χ1n) is 7.42. The number of hydrogen-bond acceptors (Lipinski definition) is 4. The van der Waals surface area contributed by atoms with Crippen LogP contribution in [0.15, 0.2) is 48.5 Å². The van der Waals surface area contributed by atoms with Gasteiger partial charge in [-0.3, -0.25) is 0 Å². The van der Waals surface area contributed by atoms with Gasteiger partial charge < -0.3 is 14.4 Å². The van der Waals surface area contributed by atoms with Crippen molar-refractivity contribution in [3.05, 3.63) is 59.1 Å². The topological polar surface area (TPSA) is 38.8 Å². The van der Waals surface area contributed by atoms with Gasteiger partial charge in [0, 0.05) is 23.3 Å². The first-order chi connectivity index (χ1) is 11.0. The monoisotopic (exact) mass is 333 g/mol. The van der Waals surface area contributed by atoms with Gasteiger partial charge in [0.25, 0.3) is 0 Å². The van der Waals surface area contributed by atoms with Gasteiger partial charge in [-0.05, 0) is 50.2 Å². The summed E-state index contributed by atoms with van der Waals surface area (Å²) in [6.45, 7) is 4.55. The van der Waals surface area contributed by atoms with E-state index in [4.69, 9.17) is 21.1 Å². The normalized spacial score (nSPS) is 11.7. The number of hydrogen-bond donors (Lipinski definition) is 0. The summed E-state index contributed by atoms with van der Waals surface area (Å²) in [4.78, 5) is 14.2. The molecule has 0 radical (unpaired) electrons. The molecule has 23 heavy (non-hydrogen) atoms. The third-order valence-corrected chi connectivity index (χ3v) is 3.77. The van der Waals surface area contributed by atoms with Crippen LogP contribution in [0, 0.1) is 0 Å². The molecule has 0 fully saturated rings. The smallest absolute Gasteiger partial charge is 0.340 e. The highest BCUT2D eigenvalue weighted by Gasteiger charge is 2.18. The highest BCUT2D eigenvalue weighted by Crippen LogP contribution is 2.23. The number of carbonyl (C=O) groups excluding carboxylic acids is 1. The predicted molar refractivity (Wildman–Crippen MR) is 92.3 cm³/mol. The average Bonchev–Trinajstić information content (AvgIpc) is 2.56. The van der Waals surface area contributed by atoms with Crippen molar-refractivity contribution in [2.45, 2.75) is 20.1 Å². The zero-order chi connectivity index (χ0) is 16.8. The molecule has 0 spiro atoms. The van der Waals surface area contributed by atoms with Crippen LogP contribution in [0.4, 0.5) is 5.69 Å². The molecule has 0 aliphatic heterocycles. The van der Waals surface area contributed by atoms with Gasteiger partial charge in [0.1, 0.15) is 5.75 Å². The molecule has 1 atom stereocenters. The van der Waals surface area contributed by atoms with Crippen LogP contribution in [-0.4, -0.2) is 25.9 Å². The lowest BCUT2D eigenvalue weighted by atomic mass is 10.2. The molecule has 5 heteroatoms. The van der Waals surface area contributed by atoms with Gasteiger partial charge in [-0.15, -0.1) is 0 Å². The molecule has 2 rings (SSSR count). The minimum atomic E-state index is -0.407. The second kappa shape index (κ2) is 7.88. The highest BCUT2D eigenvalue weighted by atomic mass is 35.5. The zero-order valence-corrected chi connectivity index (χ0v) is 14.2. The van der Waals surface area contributed by atoms with Gasteiger partial charge in [0.05, 0.1) is 12.7 Å². The summed E-state index contributed by atoms with van der Waals surface area (Å²) in [6, 6.07) is 14.3. The predicted octanol–water partition coefficient (Wildman–Crippen LogP) is 4.38. The number of anilines is 1. The van der Waals surface area contributed by atoms with Crippen LogP contribution >= 0.6 is 11.6 Å². The molecular formula is C18H20ClNO3. The van der Waals surface area contributed by atoms with Crippen molar-refractivity contribution in [3.8, 4) is 5.75 Å². The maximum absolute atomic E-state index is 12.2. The lowest BCUT2D eigenvalue weighted by Crippen LogP contribution is -2.36. The van der Waals surface area contributed by atoms with Crippen molar-refractivity contribution < 1.29 is 14.3 Å². The Kier molecular flexibility index (Phi) is 5.88. The third kappa shape index (κ3) is 4.39. The molecule has 0 saturated carbocycles. The summed E-state index contributed by atoms with van der Waals surface area (Å²) < 4.78 is 10.8. The zero-order valence-electron chi connectivity index (χ0n) is 13.5. The summed E-state index contributed by atoms with van der Waals surface area (Å²) in [5, 5.41) is 0.584. The Morgan fingerprint density at radius 1 is 1.22 bits per heavy atom. The minimum absolute atomic E-state index is 0.379. The number of nitrogens with zero attached hydrogens (tertiary/aromatic N) is 1. The van der Waals surface area contributed by atoms with Crippen molar-refractivity contribution in [3.63, 3.8) is 0 Å². The summed E-state index contributed by atoms with van der Waals surface area (Å²) in [7, 11) is 1.62. The Morgan fingerprint density at radius 2 is 1.91 bits per heavy atom. The molecular weight excluding hydrogens is 314 g/mol. The fraction of sp³-hybridized carbons (Fsp3) is 0.278. The van der Waals surface area contributed by atoms with Crippen molar-refractivity contribution in [2.75, 3.05) is 18.6 Å². The number of halogens is 1. The largest absolute Gasteiger partial charge is 0.497 e. The Bertz CT molecular complexity index is 658. The number of carbonyl (C=O) groups is 1. The fourth-order valence-electron chi connectivity index (χ4n) is 2.31. The minimum Gasteiger partial charge on any atom is -0.497 e. The maximum Gasteiger partial charge on any atom is 0.340 e. The van der Waals surface area contributed by atoms with Crippen LogP contribution in [0.25, 0.3) is 0 Å². The van der Waals surface area contributed by atoms with E-state index >= 15 is 0 Å². The molecule has 0 bridgehead atoms. The number of esters is 1. The number of methoxy groups -OCH3 is 1. The van der Waals surface area contributed by atoms with Crippen LogP contribution in [-0.2, 0) is 4.74 Å². The lowest BCUT2D eigenvalue weighted by molar-refractivity contribution is 0.0336. The Hall–Kier alpha value is -2.20. The van der Waals surface area contributed by atoms with Gasteiger partial charge in [-0.1, -0.05) is 17.7 Å². The first-order valence-corrected chi connectivity index (χ1v) is 7.80. The van der Waals surface area contributed by atoms with E-state index in [1.807, 2.05) is 43.0 Å². The van der Waals surface area contributed by atoms with Crippen molar-refractivity contribution in [2.24, 2.45) is 0 Å². The molecule has 122 valence electrons. The van der Waals surface area contributed by atoms with E-state index in [1.165, 1.54) is 0 Å². The molecule has 0 N–H and O–H groups in total. The molecule has 0 aromatic heterocycles. The van der Waals surface area contributed by atoms with E-state index in [0.29, 0.717) is 17.1 Å².